The summed E-state index contributed by atoms with van der Waals surface area (Å²) in [5.74, 6) is 1.63. The fourth-order valence-corrected chi connectivity index (χ4v) is 4.44. The number of aromatic nitrogens is 3. The highest BCUT2D eigenvalue weighted by Gasteiger charge is 2.31. The molecule has 6 nitrogen and oxygen atoms in total. The van der Waals surface area contributed by atoms with Gasteiger partial charge in [-0.25, -0.2) is 15.0 Å². The molecule has 1 N–H and O–H groups in total. The average Bonchev–Trinajstić information content (AvgIpc) is 3.28. The molecule has 1 atom stereocenters. The number of amides is 1. The molecule has 1 aliphatic heterocycles. The highest BCUT2D eigenvalue weighted by atomic mass is 19.4. The minimum Gasteiger partial charge on any atom is -0.342 e. The van der Waals surface area contributed by atoms with Crippen LogP contribution >= 0.6 is 0 Å². The highest BCUT2D eigenvalue weighted by molar-refractivity contribution is 5.73. The van der Waals surface area contributed by atoms with Crippen LogP contribution in [0, 0.1) is 0 Å². The SMILES string of the molecule is CC(=O)N1CCCC(c2cc(Nc3cc(C(F)(F)F)ccn3)nc(C3CCCC3)n2)C1. The van der Waals surface area contributed by atoms with Crippen LogP contribution in [0.25, 0.3) is 0 Å². The second-order valence-corrected chi connectivity index (χ2v) is 8.37. The van der Waals surface area contributed by atoms with Gasteiger partial charge in [-0.3, -0.25) is 4.79 Å². The molecule has 1 aliphatic carbocycles. The van der Waals surface area contributed by atoms with Gasteiger partial charge in [0, 0.05) is 44.1 Å². The highest BCUT2D eigenvalue weighted by Crippen LogP contribution is 2.35. The number of piperidine rings is 1. The van der Waals surface area contributed by atoms with Gasteiger partial charge in [0.25, 0.3) is 0 Å². The molecular weight excluding hydrogens is 407 g/mol. The van der Waals surface area contributed by atoms with Crippen molar-refractivity contribution in [2.45, 2.75) is 63.5 Å². The Balaban J connectivity index is 1.65. The summed E-state index contributed by atoms with van der Waals surface area (Å²) in [6.07, 6.45) is 2.76. The lowest BCUT2D eigenvalue weighted by Gasteiger charge is -2.32. The Morgan fingerprint density at radius 1 is 1.06 bits per heavy atom. The number of nitrogens with one attached hydrogen (secondary N) is 1. The molecule has 2 aliphatic rings. The molecule has 1 amide bonds. The van der Waals surface area contributed by atoms with Gasteiger partial charge in [0.05, 0.1) is 11.3 Å². The minimum absolute atomic E-state index is 0.0429. The lowest BCUT2D eigenvalue weighted by molar-refractivity contribution is -0.137. The monoisotopic (exact) mass is 433 g/mol. The predicted octanol–water partition coefficient (Wildman–Crippen LogP) is 5.02. The van der Waals surface area contributed by atoms with Gasteiger partial charge in [0.15, 0.2) is 0 Å². The van der Waals surface area contributed by atoms with E-state index in [0.29, 0.717) is 12.4 Å². The van der Waals surface area contributed by atoms with Crippen LogP contribution in [0.1, 0.15) is 74.4 Å². The van der Waals surface area contributed by atoms with Crippen molar-refractivity contribution in [3.63, 3.8) is 0 Å². The topological polar surface area (TPSA) is 71.0 Å². The zero-order chi connectivity index (χ0) is 22.0. The van der Waals surface area contributed by atoms with E-state index < -0.39 is 11.7 Å². The van der Waals surface area contributed by atoms with Crippen LogP contribution in [0.3, 0.4) is 0 Å². The Hall–Kier alpha value is -2.71. The third-order valence-electron chi connectivity index (χ3n) is 6.11. The predicted molar refractivity (Wildman–Crippen MR) is 110 cm³/mol. The number of pyridine rings is 1. The molecule has 1 saturated heterocycles. The lowest BCUT2D eigenvalue weighted by atomic mass is 9.94. The molecule has 1 unspecified atom stereocenters. The Kier molecular flexibility index (Phi) is 6.11. The normalized spacial score (nSPS) is 20.1. The first-order valence-electron chi connectivity index (χ1n) is 10.7. The number of rotatable bonds is 4. The molecule has 0 spiro atoms. The fraction of sp³-hybridized carbons (Fsp3) is 0.545. The second kappa shape index (κ2) is 8.80. The molecule has 2 fully saturated rings. The molecule has 9 heteroatoms. The molecule has 3 heterocycles. The van der Waals surface area contributed by atoms with Gasteiger partial charge < -0.3 is 10.2 Å². The number of anilines is 2. The van der Waals surface area contributed by atoms with Crippen molar-refractivity contribution >= 4 is 17.5 Å². The van der Waals surface area contributed by atoms with E-state index in [1.54, 1.807) is 13.0 Å². The van der Waals surface area contributed by atoms with Crippen molar-refractivity contribution in [1.82, 2.24) is 19.9 Å². The van der Waals surface area contributed by atoms with Gasteiger partial charge in [-0.1, -0.05) is 12.8 Å². The number of likely N-dealkylation sites (tertiary alicyclic amines) is 1. The summed E-state index contributed by atoms with van der Waals surface area (Å²) in [5, 5.41) is 2.95. The Labute approximate surface area is 179 Å². The summed E-state index contributed by atoms with van der Waals surface area (Å²) in [7, 11) is 0. The summed E-state index contributed by atoms with van der Waals surface area (Å²) in [5.41, 5.74) is 0.0667. The van der Waals surface area contributed by atoms with Crippen molar-refractivity contribution in [2.75, 3.05) is 18.4 Å². The second-order valence-electron chi connectivity index (χ2n) is 8.37. The van der Waals surface area contributed by atoms with E-state index in [1.165, 1.54) is 0 Å². The molecule has 2 aromatic rings. The van der Waals surface area contributed by atoms with Crippen molar-refractivity contribution in [3.8, 4) is 0 Å². The van der Waals surface area contributed by atoms with Gasteiger partial charge in [-0.15, -0.1) is 0 Å². The summed E-state index contributed by atoms with van der Waals surface area (Å²) >= 11 is 0. The first kappa shape index (κ1) is 21.5. The molecule has 166 valence electrons. The van der Waals surface area contributed by atoms with Gasteiger partial charge in [0.1, 0.15) is 17.5 Å². The Morgan fingerprint density at radius 2 is 1.81 bits per heavy atom. The maximum Gasteiger partial charge on any atom is 0.416 e. The van der Waals surface area contributed by atoms with Crippen molar-refractivity contribution < 1.29 is 18.0 Å². The van der Waals surface area contributed by atoms with E-state index in [4.69, 9.17) is 4.98 Å². The Bertz CT molecular complexity index is 943. The number of hydrogen-bond acceptors (Lipinski definition) is 5. The molecule has 0 bridgehead atoms. The summed E-state index contributed by atoms with van der Waals surface area (Å²) in [4.78, 5) is 27.2. The first-order valence-corrected chi connectivity index (χ1v) is 10.7. The zero-order valence-corrected chi connectivity index (χ0v) is 17.5. The van der Waals surface area contributed by atoms with Gasteiger partial charge >= 0.3 is 6.18 Å². The number of carbonyl (C=O) groups is 1. The average molecular weight is 433 g/mol. The van der Waals surface area contributed by atoms with E-state index in [1.807, 2.05) is 4.90 Å². The van der Waals surface area contributed by atoms with Crippen LogP contribution in [0.4, 0.5) is 24.8 Å². The van der Waals surface area contributed by atoms with Crippen molar-refractivity contribution in [1.29, 1.82) is 0 Å². The van der Waals surface area contributed by atoms with E-state index in [0.717, 1.165) is 74.9 Å². The van der Waals surface area contributed by atoms with Crippen LogP contribution in [-0.2, 0) is 11.0 Å². The van der Waals surface area contributed by atoms with Gasteiger partial charge in [-0.2, -0.15) is 13.2 Å². The summed E-state index contributed by atoms with van der Waals surface area (Å²) in [6.45, 7) is 2.90. The van der Waals surface area contributed by atoms with Crippen LogP contribution in [0.2, 0.25) is 0 Å². The lowest BCUT2D eigenvalue weighted by Crippen LogP contribution is -2.38. The fourth-order valence-electron chi connectivity index (χ4n) is 4.44. The molecule has 0 aromatic carbocycles. The molecular formula is C22H26F3N5O. The van der Waals surface area contributed by atoms with E-state index >= 15 is 0 Å². The first-order chi connectivity index (χ1) is 14.8. The van der Waals surface area contributed by atoms with Gasteiger partial charge in [0.2, 0.25) is 5.91 Å². The van der Waals surface area contributed by atoms with E-state index in [-0.39, 0.29) is 23.6 Å². The van der Waals surface area contributed by atoms with Crippen LogP contribution in [0.5, 0.6) is 0 Å². The third kappa shape index (κ3) is 5.14. The molecule has 4 rings (SSSR count). The number of alkyl halides is 3. The van der Waals surface area contributed by atoms with Crippen molar-refractivity contribution in [2.24, 2.45) is 0 Å². The maximum absolute atomic E-state index is 13.1. The zero-order valence-electron chi connectivity index (χ0n) is 17.5. The van der Waals surface area contributed by atoms with Crippen molar-refractivity contribution in [3.05, 3.63) is 41.5 Å². The van der Waals surface area contributed by atoms with Gasteiger partial charge in [-0.05, 0) is 37.8 Å². The van der Waals surface area contributed by atoms with E-state index in [2.05, 4.69) is 15.3 Å². The molecule has 2 aromatic heterocycles. The van der Waals surface area contributed by atoms with Crippen LogP contribution < -0.4 is 5.32 Å². The third-order valence-corrected chi connectivity index (χ3v) is 6.11. The summed E-state index contributed by atoms with van der Waals surface area (Å²) < 4.78 is 39.2. The number of carbonyl (C=O) groups excluding carboxylic acids is 1. The Morgan fingerprint density at radius 3 is 2.52 bits per heavy atom. The van der Waals surface area contributed by atoms with E-state index in [9.17, 15) is 18.0 Å². The standard InChI is InChI=1S/C22H26F3N5O/c1-14(31)30-10-4-7-16(13-30)18-12-20(29-21(27-18)15-5-2-3-6-15)28-19-11-17(8-9-26-19)22(23,24)25/h8-9,11-12,15-16H,2-7,10,13H2,1H3,(H,26,27,28,29). The molecule has 0 radical (unpaired) electrons. The quantitative estimate of drug-likeness (QED) is 0.733. The minimum atomic E-state index is -4.44. The van der Waals surface area contributed by atoms with Crippen LogP contribution in [-0.4, -0.2) is 38.8 Å². The smallest absolute Gasteiger partial charge is 0.342 e. The number of nitrogens with zero attached hydrogens (tertiary/aromatic N) is 4. The van der Waals surface area contributed by atoms with Crippen LogP contribution in [0.15, 0.2) is 24.4 Å². The molecule has 31 heavy (non-hydrogen) atoms. The maximum atomic E-state index is 13.1. The molecule has 1 saturated carbocycles. The summed E-state index contributed by atoms with van der Waals surface area (Å²) in [6, 6.07) is 3.71. The number of halogens is 3. The number of hydrogen-bond donors (Lipinski definition) is 1. The largest absolute Gasteiger partial charge is 0.416 e.